The fourth-order valence-electron chi connectivity index (χ4n) is 1.86. The van der Waals surface area contributed by atoms with Crippen LogP contribution in [-0.2, 0) is 0 Å². The number of hydrogen-bond donors (Lipinski definition) is 2. The quantitative estimate of drug-likeness (QED) is 0.654. The number of aromatic hydroxyl groups is 1. The normalized spacial score (nSPS) is 10.6. The van der Waals surface area contributed by atoms with E-state index in [1.807, 2.05) is 31.2 Å². The molecule has 2 rings (SSSR count). The van der Waals surface area contributed by atoms with Crippen molar-refractivity contribution >= 4 is 11.9 Å². The first-order chi connectivity index (χ1) is 10.2. The van der Waals surface area contributed by atoms with E-state index in [0.29, 0.717) is 11.5 Å². The van der Waals surface area contributed by atoms with Crippen LogP contribution in [0, 0.1) is 6.92 Å². The number of phenolic OH excluding ortho intramolecular Hbond substituents is 1. The van der Waals surface area contributed by atoms with Gasteiger partial charge in [-0.1, -0.05) is 18.2 Å². The topological polar surface area (TPSA) is 63.1 Å². The van der Waals surface area contributed by atoms with Crippen molar-refractivity contribution in [1.29, 1.82) is 0 Å². The van der Waals surface area contributed by atoms with Gasteiger partial charge in [0.15, 0.2) is 11.5 Å². The van der Waals surface area contributed by atoms with Gasteiger partial charge in [-0.15, -0.1) is 0 Å². The molecule has 0 bridgehead atoms. The lowest BCUT2D eigenvalue weighted by atomic mass is 10.2. The fourth-order valence-corrected chi connectivity index (χ4v) is 1.86. The molecule has 0 saturated heterocycles. The van der Waals surface area contributed by atoms with E-state index in [9.17, 15) is 5.11 Å². The first-order valence-corrected chi connectivity index (χ1v) is 6.45. The highest BCUT2D eigenvalue weighted by Crippen LogP contribution is 2.36. The summed E-state index contributed by atoms with van der Waals surface area (Å²) >= 11 is 0. The molecule has 0 aliphatic carbocycles. The summed E-state index contributed by atoms with van der Waals surface area (Å²) in [5, 5.41) is 14.0. The zero-order valence-electron chi connectivity index (χ0n) is 12.3. The van der Waals surface area contributed by atoms with Gasteiger partial charge in [0.1, 0.15) is 0 Å². The summed E-state index contributed by atoms with van der Waals surface area (Å²) in [4.78, 5) is 0. The predicted octanol–water partition coefficient (Wildman–Crippen LogP) is 3.16. The highest BCUT2D eigenvalue weighted by atomic mass is 16.5. The molecule has 110 valence electrons. The average molecular weight is 286 g/mol. The molecule has 0 saturated carbocycles. The summed E-state index contributed by atoms with van der Waals surface area (Å²) in [6.07, 6.45) is 1.64. The monoisotopic (exact) mass is 286 g/mol. The van der Waals surface area contributed by atoms with Crippen LogP contribution in [0.1, 0.15) is 11.1 Å². The first kappa shape index (κ1) is 14.7. The summed E-state index contributed by atoms with van der Waals surface area (Å²) < 4.78 is 10.2. The van der Waals surface area contributed by atoms with Crippen molar-refractivity contribution < 1.29 is 14.6 Å². The van der Waals surface area contributed by atoms with Gasteiger partial charge in [-0.3, -0.25) is 5.43 Å². The number of hydrazone groups is 1. The molecule has 0 radical (unpaired) electrons. The minimum Gasteiger partial charge on any atom is -0.502 e. The van der Waals surface area contributed by atoms with Crippen LogP contribution in [0.4, 0.5) is 5.69 Å². The van der Waals surface area contributed by atoms with Gasteiger partial charge in [0.05, 0.1) is 26.1 Å². The molecule has 2 aromatic rings. The molecule has 2 N–H and O–H groups in total. The number of anilines is 1. The van der Waals surface area contributed by atoms with Crippen LogP contribution in [0.15, 0.2) is 41.5 Å². The van der Waals surface area contributed by atoms with Gasteiger partial charge in [0.2, 0.25) is 5.75 Å². The molecular weight excluding hydrogens is 268 g/mol. The standard InChI is InChI=1S/C16H18N2O3/c1-11-6-4-5-7-13(11)18-17-10-12-8-14(20-2)16(19)15(9-12)21-3/h4-10,18-19H,1-3H3/b17-10+. The van der Waals surface area contributed by atoms with E-state index in [-0.39, 0.29) is 5.75 Å². The Labute approximate surface area is 123 Å². The van der Waals surface area contributed by atoms with Crippen LogP contribution in [0.2, 0.25) is 0 Å². The summed E-state index contributed by atoms with van der Waals surface area (Å²) in [5.74, 6) is 0.655. The number of methoxy groups -OCH3 is 2. The SMILES string of the molecule is COc1cc(/C=N/Nc2ccccc2C)cc(OC)c1O. The largest absolute Gasteiger partial charge is 0.502 e. The van der Waals surface area contributed by atoms with E-state index in [0.717, 1.165) is 16.8 Å². The average Bonchev–Trinajstić information content (AvgIpc) is 2.50. The van der Waals surface area contributed by atoms with E-state index < -0.39 is 0 Å². The lowest BCUT2D eigenvalue weighted by Crippen LogP contribution is -1.95. The second kappa shape index (κ2) is 6.65. The van der Waals surface area contributed by atoms with Crippen molar-refractivity contribution in [2.24, 2.45) is 5.10 Å². The molecule has 0 fully saturated rings. The Morgan fingerprint density at radius 1 is 1.10 bits per heavy atom. The Morgan fingerprint density at radius 3 is 2.29 bits per heavy atom. The summed E-state index contributed by atoms with van der Waals surface area (Å²) in [7, 11) is 2.97. The molecule has 0 amide bonds. The van der Waals surface area contributed by atoms with Crippen LogP contribution in [0.25, 0.3) is 0 Å². The van der Waals surface area contributed by atoms with Gasteiger partial charge in [0, 0.05) is 5.56 Å². The van der Waals surface area contributed by atoms with Gasteiger partial charge < -0.3 is 14.6 Å². The lowest BCUT2D eigenvalue weighted by Gasteiger charge is -2.09. The minimum absolute atomic E-state index is 0.0241. The third-order valence-electron chi connectivity index (χ3n) is 3.05. The van der Waals surface area contributed by atoms with Crippen LogP contribution >= 0.6 is 0 Å². The van der Waals surface area contributed by atoms with E-state index in [2.05, 4.69) is 10.5 Å². The molecule has 0 aliphatic rings. The maximum absolute atomic E-state index is 9.84. The number of hydrogen-bond acceptors (Lipinski definition) is 5. The number of nitrogens with zero attached hydrogens (tertiary/aromatic N) is 1. The number of para-hydroxylation sites is 1. The molecule has 5 nitrogen and oxygen atoms in total. The van der Waals surface area contributed by atoms with Crippen LogP contribution in [-0.4, -0.2) is 25.5 Å². The Kier molecular flexibility index (Phi) is 4.66. The number of phenols is 1. The zero-order chi connectivity index (χ0) is 15.2. The molecule has 0 unspecified atom stereocenters. The highest BCUT2D eigenvalue weighted by molar-refractivity contribution is 5.83. The summed E-state index contributed by atoms with van der Waals surface area (Å²) in [6.45, 7) is 2.00. The first-order valence-electron chi connectivity index (χ1n) is 6.45. The Morgan fingerprint density at radius 2 is 1.71 bits per heavy atom. The van der Waals surface area contributed by atoms with Crippen molar-refractivity contribution in [3.05, 3.63) is 47.5 Å². The summed E-state index contributed by atoms with van der Waals surface area (Å²) in [5.41, 5.74) is 5.77. The Bertz CT molecular complexity index is 629. The van der Waals surface area contributed by atoms with E-state index in [1.165, 1.54) is 14.2 Å². The zero-order valence-corrected chi connectivity index (χ0v) is 12.3. The van der Waals surface area contributed by atoms with E-state index >= 15 is 0 Å². The van der Waals surface area contributed by atoms with Gasteiger partial charge >= 0.3 is 0 Å². The number of rotatable bonds is 5. The van der Waals surface area contributed by atoms with Gasteiger partial charge in [0.25, 0.3) is 0 Å². The van der Waals surface area contributed by atoms with Crippen LogP contribution < -0.4 is 14.9 Å². The van der Waals surface area contributed by atoms with E-state index in [1.54, 1.807) is 18.3 Å². The van der Waals surface area contributed by atoms with Gasteiger partial charge in [-0.2, -0.15) is 5.10 Å². The van der Waals surface area contributed by atoms with Gasteiger partial charge in [-0.05, 0) is 30.7 Å². The van der Waals surface area contributed by atoms with Crippen molar-refractivity contribution in [2.45, 2.75) is 6.92 Å². The minimum atomic E-state index is -0.0241. The van der Waals surface area contributed by atoms with E-state index in [4.69, 9.17) is 9.47 Å². The number of ether oxygens (including phenoxy) is 2. The summed E-state index contributed by atoms with van der Waals surface area (Å²) in [6, 6.07) is 11.2. The predicted molar refractivity (Wildman–Crippen MR) is 83.6 cm³/mol. The number of benzene rings is 2. The smallest absolute Gasteiger partial charge is 0.200 e. The fraction of sp³-hybridized carbons (Fsp3) is 0.188. The molecule has 0 aromatic heterocycles. The third-order valence-corrected chi connectivity index (χ3v) is 3.05. The van der Waals surface area contributed by atoms with Crippen LogP contribution in [0.3, 0.4) is 0 Å². The second-order valence-corrected chi connectivity index (χ2v) is 4.46. The molecule has 21 heavy (non-hydrogen) atoms. The highest BCUT2D eigenvalue weighted by Gasteiger charge is 2.10. The van der Waals surface area contributed by atoms with Crippen LogP contribution in [0.5, 0.6) is 17.2 Å². The number of aryl methyl sites for hydroxylation is 1. The number of nitrogens with one attached hydrogen (secondary N) is 1. The maximum Gasteiger partial charge on any atom is 0.200 e. The second-order valence-electron chi connectivity index (χ2n) is 4.46. The molecular formula is C16H18N2O3. The molecule has 0 heterocycles. The Hall–Kier alpha value is -2.69. The Balaban J connectivity index is 2.19. The van der Waals surface area contributed by atoms with Crippen molar-refractivity contribution in [3.63, 3.8) is 0 Å². The van der Waals surface area contributed by atoms with Crippen molar-refractivity contribution in [3.8, 4) is 17.2 Å². The molecule has 2 aromatic carbocycles. The van der Waals surface area contributed by atoms with Crippen molar-refractivity contribution in [2.75, 3.05) is 19.6 Å². The molecule has 0 aliphatic heterocycles. The van der Waals surface area contributed by atoms with Crippen molar-refractivity contribution in [1.82, 2.24) is 0 Å². The molecule has 5 heteroatoms. The molecule has 0 atom stereocenters. The third kappa shape index (κ3) is 3.45. The lowest BCUT2D eigenvalue weighted by molar-refractivity contribution is 0.340. The van der Waals surface area contributed by atoms with Gasteiger partial charge in [-0.25, -0.2) is 0 Å². The molecule has 0 spiro atoms. The maximum atomic E-state index is 9.84.